The number of pyridine rings is 1. The van der Waals surface area contributed by atoms with Gasteiger partial charge < -0.3 is 15.8 Å². The van der Waals surface area contributed by atoms with E-state index in [4.69, 9.17) is 35.0 Å². The van der Waals surface area contributed by atoms with E-state index in [0.29, 0.717) is 11.1 Å². The number of piperidine rings is 1. The Labute approximate surface area is 198 Å². The molecule has 12 heteroatoms. The lowest BCUT2D eigenvalue weighted by molar-refractivity contribution is -0.197. The molecule has 0 aliphatic carbocycles. The van der Waals surface area contributed by atoms with E-state index in [-0.39, 0.29) is 6.04 Å². The molecule has 3 aromatic rings. The monoisotopic (exact) mass is 504 g/mol. The van der Waals surface area contributed by atoms with Gasteiger partial charge in [-0.1, -0.05) is 23.2 Å². The Bertz CT molecular complexity index is 1200. The number of nitrogen functional groups attached to an aromatic ring is 1. The molecule has 3 N–H and O–H groups in total. The summed E-state index contributed by atoms with van der Waals surface area (Å²) in [5, 5.41) is 6.05. The standard InChI is InChI=1S/C21H19Cl2F4N5O/c22-14-1-2-15(24)18(23)17(14)19(21(25,26)27)33-16-7-11(8-30-20(16)28)12-9-31-32(10-12)13-3-5-29-6-4-13/h1-2,7-10,13,19,29H,3-6H2,(H2,28,30)/i19D. The van der Waals surface area contributed by atoms with Gasteiger partial charge in [-0.25, -0.2) is 9.37 Å². The Kier molecular flexibility index (Phi) is 6.31. The summed E-state index contributed by atoms with van der Waals surface area (Å²) in [4.78, 5) is 3.91. The van der Waals surface area contributed by atoms with Crippen molar-refractivity contribution in [2.75, 3.05) is 18.8 Å². The molecule has 1 aliphatic heterocycles. The fourth-order valence-electron chi connectivity index (χ4n) is 3.55. The van der Waals surface area contributed by atoms with Crippen molar-refractivity contribution in [2.24, 2.45) is 0 Å². The summed E-state index contributed by atoms with van der Waals surface area (Å²) < 4.78 is 71.3. The molecule has 4 rings (SSSR count). The third kappa shape index (κ3) is 5.02. The maximum Gasteiger partial charge on any atom is 0.429 e. The van der Waals surface area contributed by atoms with Gasteiger partial charge in [-0.3, -0.25) is 4.68 Å². The molecular weight excluding hydrogens is 485 g/mol. The molecule has 0 spiro atoms. The first-order chi connectivity index (χ1) is 16.0. The summed E-state index contributed by atoms with van der Waals surface area (Å²) in [5.74, 6) is -2.13. The van der Waals surface area contributed by atoms with Crippen molar-refractivity contribution >= 4 is 29.0 Å². The van der Waals surface area contributed by atoms with E-state index in [9.17, 15) is 17.6 Å². The number of ether oxygens (including phenoxy) is 1. The molecule has 1 aliphatic rings. The molecule has 1 fully saturated rings. The van der Waals surface area contributed by atoms with Gasteiger partial charge in [0.15, 0.2) is 11.6 Å². The minimum atomic E-state index is -5.36. The van der Waals surface area contributed by atoms with Crippen LogP contribution >= 0.6 is 23.2 Å². The molecule has 6 nitrogen and oxygen atoms in total. The molecule has 1 atom stereocenters. The van der Waals surface area contributed by atoms with Crippen molar-refractivity contribution in [3.05, 3.63) is 58.2 Å². The summed E-state index contributed by atoms with van der Waals surface area (Å²) in [7, 11) is 0. The van der Waals surface area contributed by atoms with E-state index in [1.807, 2.05) is 0 Å². The maximum absolute atomic E-state index is 14.1. The third-order valence-electron chi connectivity index (χ3n) is 5.24. The highest BCUT2D eigenvalue weighted by atomic mass is 35.5. The number of hydrogen-bond donors (Lipinski definition) is 2. The number of halogens is 6. The second-order valence-corrected chi connectivity index (χ2v) is 8.23. The van der Waals surface area contributed by atoms with E-state index >= 15 is 0 Å². The average molecular weight is 505 g/mol. The Morgan fingerprint density at radius 3 is 2.64 bits per heavy atom. The minimum Gasteiger partial charge on any atom is -0.472 e. The first-order valence-corrected chi connectivity index (χ1v) is 10.7. The van der Waals surface area contributed by atoms with E-state index in [1.54, 1.807) is 17.1 Å². The fourth-order valence-corrected chi connectivity index (χ4v) is 4.09. The van der Waals surface area contributed by atoms with Crippen molar-refractivity contribution in [2.45, 2.75) is 31.1 Å². The number of anilines is 1. The van der Waals surface area contributed by atoms with Crippen molar-refractivity contribution in [1.82, 2.24) is 20.1 Å². The number of aromatic nitrogens is 3. The van der Waals surface area contributed by atoms with Gasteiger partial charge in [-0.2, -0.15) is 18.3 Å². The molecule has 2 aromatic heterocycles. The molecule has 1 unspecified atom stereocenters. The van der Waals surface area contributed by atoms with Gasteiger partial charge in [0.2, 0.25) is 6.08 Å². The van der Waals surface area contributed by atoms with Gasteiger partial charge in [0.25, 0.3) is 0 Å². The predicted octanol–water partition coefficient (Wildman–Crippen LogP) is 5.58. The number of rotatable bonds is 5. The van der Waals surface area contributed by atoms with Crippen LogP contribution in [0.25, 0.3) is 11.1 Å². The quantitative estimate of drug-likeness (QED) is 0.350. The van der Waals surface area contributed by atoms with Gasteiger partial charge in [-0.15, -0.1) is 0 Å². The zero-order chi connectivity index (χ0) is 24.7. The Morgan fingerprint density at radius 2 is 1.94 bits per heavy atom. The summed E-state index contributed by atoms with van der Waals surface area (Å²) in [6.07, 6.45) is -2.79. The van der Waals surface area contributed by atoms with Crippen LogP contribution in [0.1, 0.15) is 31.9 Å². The zero-order valence-corrected chi connectivity index (χ0v) is 18.5. The van der Waals surface area contributed by atoms with Crippen molar-refractivity contribution in [1.29, 1.82) is 0 Å². The molecule has 1 saturated heterocycles. The van der Waals surface area contributed by atoms with Crippen LogP contribution in [0.5, 0.6) is 5.75 Å². The molecule has 0 amide bonds. The Hall–Kier alpha value is -2.56. The smallest absolute Gasteiger partial charge is 0.429 e. The van der Waals surface area contributed by atoms with Crippen molar-refractivity contribution in [3.8, 4) is 16.9 Å². The zero-order valence-electron chi connectivity index (χ0n) is 18.0. The van der Waals surface area contributed by atoms with Crippen LogP contribution in [0, 0.1) is 5.82 Å². The van der Waals surface area contributed by atoms with Crippen LogP contribution in [0.4, 0.5) is 23.4 Å². The molecule has 176 valence electrons. The molecule has 3 heterocycles. The summed E-state index contributed by atoms with van der Waals surface area (Å²) in [6, 6.07) is 3.06. The largest absolute Gasteiger partial charge is 0.472 e. The van der Waals surface area contributed by atoms with E-state index in [2.05, 4.69) is 15.4 Å². The van der Waals surface area contributed by atoms with Gasteiger partial charge in [-0.05, 0) is 44.1 Å². The second-order valence-electron chi connectivity index (χ2n) is 7.44. The van der Waals surface area contributed by atoms with Crippen LogP contribution in [0.2, 0.25) is 10.0 Å². The molecular formula is C21H19Cl2F4N5O. The normalized spacial score (nSPS) is 17.5. The highest BCUT2D eigenvalue weighted by Crippen LogP contribution is 2.44. The molecule has 0 bridgehead atoms. The van der Waals surface area contributed by atoms with Gasteiger partial charge >= 0.3 is 6.18 Å². The fraction of sp³-hybridized carbons (Fsp3) is 0.333. The number of nitrogens with two attached hydrogens (primary N) is 1. The SMILES string of the molecule is [2H]C(Oc1cc(-c2cnn(C3CCNCC3)c2)cnc1N)(c1c(Cl)ccc(F)c1Cl)C(F)(F)F. The van der Waals surface area contributed by atoms with Crippen LogP contribution < -0.4 is 15.8 Å². The highest BCUT2D eigenvalue weighted by molar-refractivity contribution is 6.36. The van der Waals surface area contributed by atoms with Crippen LogP contribution in [-0.4, -0.2) is 34.0 Å². The number of nitrogens with zero attached hydrogens (tertiary/aromatic N) is 3. The lowest BCUT2D eigenvalue weighted by Gasteiger charge is -2.24. The first-order valence-electron chi connectivity index (χ1n) is 10.4. The highest BCUT2D eigenvalue weighted by Gasteiger charge is 2.46. The van der Waals surface area contributed by atoms with Gasteiger partial charge in [0, 0.05) is 34.1 Å². The van der Waals surface area contributed by atoms with Gasteiger partial charge in [0.1, 0.15) is 5.82 Å². The van der Waals surface area contributed by atoms with Crippen LogP contribution in [-0.2, 0) is 0 Å². The van der Waals surface area contributed by atoms with E-state index in [0.717, 1.165) is 38.1 Å². The second kappa shape index (κ2) is 9.36. The van der Waals surface area contributed by atoms with E-state index in [1.165, 1.54) is 12.3 Å². The lowest BCUT2D eigenvalue weighted by Crippen LogP contribution is -2.29. The number of benzene rings is 1. The summed E-state index contributed by atoms with van der Waals surface area (Å²) >= 11 is 11.7. The molecule has 0 saturated carbocycles. The third-order valence-corrected chi connectivity index (χ3v) is 5.92. The average Bonchev–Trinajstić information content (AvgIpc) is 3.28. The number of nitrogens with one attached hydrogen (secondary N) is 1. The van der Waals surface area contributed by atoms with E-state index < -0.39 is 45.2 Å². The summed E-state index contributed by atoms with van der Waals surface area (Å²) in [6.45, 7) is 1.71. The number of hydrogen-bond acceptors (Lipinski definition) is 5. The number of alkyl halides is 3. The van der Waals surface area contributed by atoms with Crippen LogP contribution in [0.3, 0.4) is 0 Å². The summed E-state index contributed by atoms with van der Waals surface area (Å²) in [5.41, 5.74) is 5.61. The Balaban J connectivity index is 1.73. The van der Waals surface area contributed by atoms with Crippen LogP contribution in [0.15, 0.2) is 36.8 Å². The van der Waals surface area contributed by atoms with Gasteiger partial charge in [0.05, 0.1) is 18.6 Å². The maximum atomic E-state index is 14.1. The first kappa shape index (κ1) is 22.2. The Morgan fingerprint density at radius 1 is 1.21 bits per heavy atom. The molecule has 1 aromatic carbocycles. The topological polar surface area (TPSA) is 78.0 Å². The lowest BCUT2D eigenvalue weighted by atomic mass is 10.1. The van der Waals surface area contributed by atoms with Crippen molar-refractivity contribution in [3.63, 3.8) is 0 Å². The van der Waals surface area contributed by atoms with Crippen molar-refractivity contribution < 1.29 is 23.7 Å². The minimum absolute atomic E-state index is 0.191. The predicted molar refractivity (Wildman–Crippen MR) is 117 cm³/mol. The molecule has 0 radical (unpaired) electrons. The molecule has 33 heavy (non-hydrogen) atoms.